The van der Waals surface area contributed by atoms with Crippen LogP contribution in [0.5, 0.6) is 0 Å². The monoisotopic (exact) mass is 236 g/mol. The molecule has 0 saturated carbocycles. The van der Waals surface area contributed by atoms with Gasteiger partial charge in [-0.1, -0.05) is 13.8 Å². The summed E-state index contributed by atoms with van der Waals surface area (Å²) in [5.74, 6) is 1.12. The minimum absolute atomic E-state index is 0.0308. The van der Waals surface area contributed by atoms with Gasteiger partial charge in [0.2, 0.25) is 5.91 Å². The van der Waals surface area contributed by atoms with Crippen molar-refractivity contribution in [3.05, 3.63) is 17.8 Å². The van der Waals surface area contributed by atoms with E-state index >= 15 is 0 Å². The predicted octanol–water partition coefficient (Wildman–Crippen LogP) is 1.16. The molecule has 0 saturated heterocycles. The number of carbonyl (C=O) groups excluding carboxylic acids is 1. The highest BCUT2D eigenvalue weighted by atomic mass is 16.1. The van der Waals surface area contributed by atoms with Gasteiger partial charge in [0.25, 0.3) is 0 Å². The van der Waals surface area contributed by atoms with Gasteiger partial charge in [-0.25, -0.2) is 4.98 Å². The molecule has 0 unspecified atom stereocenters. The van der Waals surface area contributed by atoms with E-state index < -0.39 is 0 Å². The summed E-state index contributed by atoms with van der Waals surface area (Å²) in [6, 6.07) is 1.82. The van der Waals surface area contributed by atoms with Crippen molar-refractivity contribution < 1.29 is 4.79 Å². The summed E-state index contributed by atoms with van der Waals surface area (Å²) in [7, 11) is 0. The van der Waals surface area contributed by atoms with Crippen molar-refractivity contribution in [3.63, 3.8) is 0 Å². The maximum absolute atomic E-state index is 11.5. The van der Waals surface area contributed by atoms with Gasteiger partial charge in [-0.15, -0.1) is 0 Å². The average molecular weight is 236 g/mol. The van der Waals surface area contributed by atoms with Gasteiger partial charge in [-0.2, -0.15) is 0 Å². The maximum Gasteiger partial charge on any atom is 0.239 e. The first kappa shape index (κ1) is 13.3. The molecule has 1 rings (SSSR count). The molecule has 4 N–H and O–H groups in total. The van der Waals surface area contributed by atoms with Crippen LogP contribution in [-0.2, 0) is 4.79 Å². The summed E-state index contributed by atoms with van der Waals surface area (Å²) in [5, 5.41) is 5.81. The van der Waals surface area contributed by atoms with Crippen LogP contribution in [0.25, 0.3) is 0 Å². The van der Waals surface area contributed by atoms with Crippen LogP contribution < -0.4 is 16.4 Å². The SMILES string of the molecule is Cc1cc(N)cnc1NCC(=O)NCC(C)C. The predicted molar refractivity (Wildman–Crippen MR) is 69.7 cm³/mol. The van der Waals surface area contributed by atoms with Gasteiger partial charge in [-0.3, -0.25) is 4.79 Å². The smallest absolute Gasteiger partial charge is 0.239 e. The van der Waals surface area contributed by atoms with Gasteiger partial charge in [-0.05, 0) is 24.5 Å². The molecule has 0 radical (unpaired) electrons. The second kappa shape index (κ2) is 6.08. The second-order valence-corrected chi connectivity index (χ2v) is 4.49. The number of hydrogen-bond acceptors (Lipinski definition) is 4. The van der Waals surface area contributed by atoms with Crippen LogP contribution in [0.15, 0.2) is 12.3 Å². The molecule has 1 aromatic rings. The summed E-state index contributed by atoms with van der Waals surface area (Å²) in [4.78, 5) is 15.6. The molecule has 1 heterocycles. The Bertz CT molecular complexity index is 390. The molecule has 0 aliphatic rings. The van der Waals surface area contributed by atoms with E-state index in [-0.39, 0.29) is 12.5 Å². The number of hydrogen-bond donors (Lipinski definition) is 3. The van der Waals surface area contributed by atoms with Gasteiger partial charge in [0, 0.05) is 6.54 Å². The van der Waals surface area contributed by atoms with Gasteiger partial charge in [0.1, 0.15) is 5.82 Å². The second-order valence-electron chi connectivity index (χ2n) is 4.49. The van der Waals surface area contributed by atoms with Gasteiger partial charge >= 0.3 is 0 Å². The van der Waals surface area contributed by atoms with E-state index in [4.69, 9.17) is 5.73 Å². The molecule has 94 valence electrons. The molecule has 0 aliphatic carbocycles. The van der Waals surface area contributed by atoms with E-state index in [0.29, 0.717) is 24.0 Å². The molecular weight excluding hydrogens is 216 g/mol. The van der Waals surface area contributed by atoms with Crippen LogP contribution in [0.1, 0.15) is 19.4 Å². The van der Waals surface area contributed by atoms with E-state index in [0.717, 1.165) is 5.56 Å². The maximum atomic E-state index is 11.5. The van der Waals surface area contributed by atoms with Gasteiger partial charge in [0.05, 0.1) is 18.4 Å². The number of rotatable bonds is 5. The molecule has 0 aliphatic heterocycles. The van der Waals surface area contributed by atoms with E-state index in [1.807, 2.05) is 13.0 Å². The summed E-state index contributed by atoms with van der Waals surface area (Å²) >= 11 is 0. The minimum Gasteiger partial charge on any atom is -0.397 e. The van der Waals surface area contributed by atoms with Crippen LogP contribution in [0.3, 0.4) is 0 Å². The molecule has 0 bridgehead atoms. The Labute approximate surface area is 102 Å². The van der Waals surface area contributed by atoms with Crippen LogP contribution >= 0.6 is 0 Å². The van der Waals surface area contributed by atoms with Crippen LogP contribution in [-0.4, -0.2) is 24.0 Å². The van der Waals surface area contributed by atoms with E-state index in [1.165, 1.54) is 0 Å². The molecule has 17 heavy (non-hydrogen) atoms. The van der Waals surface area contributed by atoms with Crippen molar-refractivity contribution in [1.29, 1.82) is 0 Å². The molecule has 0 atom stereocenters. The topological polar surface area (TPSA) is 80.0 Å². The van der Waals surface area contributed by atoms with E-state index in [2.05, 4.69) is 29.5 Å². The first-order chi connectivity index (χ1) is 7.99. The fourth-order valence-corrected chi connectivity index (χ4v) is 1.33. The third kappa shape index (κ3) is 4.72. The highest BCUT2D eigenvalue weighted by Crippen LogP contribution is 2.13. The van der Waals surface area contributed by atoms with E-state index in [1.54, 1.807) is 6.20 Å². The van der Waals surface area contributed by atoms with Crippen molar-refractivity contribution in [3.8, 4) is 0 Å². The summed E-state index contributed by atoms with van der Waals surface area (Å²) < 4.78 is 0. The van der Waals surface area contributed by atoms with Crippen molar-refractivity contribution in [1.82, 2.24) is 10.3 Å². The van der Waals surface area contributed by atoms with Crippen molar-refractivity contribution in [2.45, 2.75) is 20.8 Å². The van der Waals surface area contributed by atoms with E-state index in [9.17, 15) is 4.79 Å². The lowest BCUT2D eigenvalue weighted by molar-refractivity contribution is -0.119. The lowest BCUT2D eigenvalue weighted by atomic mass is 10.2. The fourth-order valence-electron chi connectivity index (χ4n) is 1.33. The van der Waals surface area contributed by atoms with Crippen molar-refractivity contribution in [2.75, 3.05) is 24.1 Å². The number of pyridine rings is 1. The summed E-state index contributed by atoms with van der Waals surface area (Å²) in [6.45, 7) is 6.93. The lowest BCUT2D eigenvalue weighted by Crippen LogP contribution is -2.32. The third-order valence-corrected chi connectivity index (χ3v) is 2.22. The normalized spacial score (nSPS) is 10.4. The average Bonchev–Trinajstić information content (AvgIpc) is 2.25. The third-order valence-electron chi connectivity index (χ3n) is 2.22. The number of amides is 1. The first-order valence-electron chi connectivity index (χ1n) is 5.71. The molecule has 1 aromatic heterocycles. The number of carbonyl (C=O) groups is 1. The molecule has 0 fully saturated rings. The number of nitrogens with two attached hydrogens (primary N) is 1. The fraction of sp³-hybridized carbons (Fsp3) is 0.500. The Morgan fingerprint density at radius 3 is 2.82 bits per heavy atom. The number of anilines is 2. The highest BCUT2D eigenvalue weighted by Gasteiger charge is 2.04. The van der Waals surface area contributed by atoms with Crippen LogP contribution in [0.4, 0.5) is 11.5 Å². The lowest BCUT2D eigenvalue weighted by Gasteiger charge is -2.10. The summed E-state index contributed by atoms with van der Waals surface area (Å²) in [5.41, 5.74) is 7.15. The largest absolute Gasteiger partial charge is 0.397 e. The number of aromatic nitrogens is 1. The van der Waals surface area contributed by atoms with Crippen LogP contribution in [0.2, 0.25) is 0 Å². The number of nitrogens with one attached hydrogen (secondary N) is 2. The minimum atomic E-state index is -0.0308. The molecule has 5 nitrogen and oxygen atoms in total. The number of nitrogens with zero attached hydrogens (tertiary/aromatic N) is 1. The van der Waals surface area contributed by atoms with Gasteiger partial charge < -0.3 is 16.4 Å². The Hall–Kier alpha value is -1.78. The van der Waals surface area contributed by atoms with Gasteiger partial charge in [0.15, 0.2) is 0 Å². The Morgan fingerprint density at radius 1 is 1.53 bits per heavy atom. The number of aryl methyl sites for hydroxylation is 1. The molecule has 0 spiro atoms. The molecule has 5 heteroatoms. The zero-order valence-electron chi connectivity index (χ0n) is 10.6. The van der Waals surface area contributed by atoms with Crippen molar-refractivity contribution in [2.24, 2.45) is 5.92 Å². The van der Waals surface area contributed by atoms with Crippen LogP contribution in [0, 0.1) is 12.8 Å². The standard InChI is InChI=1S/C12H20N4O/c1-8(2)5-14-11(17)7-16-12-9(3)4-10(13)6-15-12/h4,6,8H,5,7,13H2,1-3H3,(H,14,17)(H,15,16). The summed E-state index contributed by atoms with van der Waals surface area (Å²) in [6.07, 6.45) is 1.57. The first-order valence-corrected chi connectivity index (χ1v) is 5.71. The Balaban J connectivity index is 2.42. The highest BCUT2D eigenvalue weighted by molar-refractivity contribution is 5.80. The van der Waals surface area contributed by atoms with Crippen molar-refractivity contribution >= 4 is 17.4 Å². The Kier molecular flexibility index (Phi) is 4.75. The molecule has 0 aromatic carbocycles. The Morgan fingerprint density at radius 2 is 2.24 bits per heavy atom. The molecular formula is C12H20N4O. The zero-order valence-corrected chi connectivity index (χ0v) is 10.6. The molecule has 1 amide bonds. The quantitative estimate of drug-likeness (QED) is 0.716. The number of nitrogen functional groups attached to an aromatic ring is 1. The zero-order chi connectivity index (χ0) is 12.8.